The van der Waals surface area contributed by atoms with E-state index in [0.29, 0.717) is 24.3 Å². The molecule has 1 aromatic heterocycles. The van der Waals surface area contributed by atoms with Crippen molar-refractivity contribution in [1.82, 2.24) is 0 Å². The van der Waals surface area contributed by atoms with E-state index in [-0.39, 0.29) is 36.5 Å². The van der Waals surface area contributed by atoms with Crippen molar-refractivity contribution >= 4 is 47.5 Å². The van der Waals surface area contributed by atoms with Crippen LogP contribution in [0.25, 0.3) is 22.3 Å². The summed E-state index contributed by atoms with van der Waals surface area (Å²) in [6, 6.07) is 22.6. The van der Waals surface area contributed by atoms with Gasteiger partial charge in [-0.2, -0.15) is 0 Å². The molecule has 37 heavy (non-hydrogen) atoms. The third kappa shape index (κ3) is 8.17. The van der Waals surface area contributed by atoms with E-state index in [0.717, 1.165) is 59.5 Å². The van der Waals surface area contributed by atoms with Crippen molar-refractivity contribution in [2.75, 3.05) is 13.2 Å². The molecule has 0 unspecified atom stereocenters. The van der Waals surface area contributed by atoms with Gasteiger partial charge in [0.25, 0.3) is 0 Å². The van der Waals surface area contributed by atoms with E-state index in [4.69, 9.17) is 36.2 Å². The first-order chi connectivity index (χ1) is 17.0. The van der Waals surface area contributed by atoms with E-state index in [1.807, 2.05) is 54.6 Å². The smallest absolute Gasteiger partial charge is 0.135 e. The summed E-state index contributed by atoms with van der Waals surface area (Å²) in [5.41, 5.74) is 14.1. The Morgan fingerprint density at radius 3 is 1.70 bits per heavy atom. The summed E-state index contributed by atoms with van der Waals surface area (Å²) in [6.45, 7) is 1.34. The van der Waals surface area contributed by atoms with Crippen molar-refractivity contribution in [3.05, 3.63) is 83.9 Å². The van der Waals surface area contributed by atoms with Crippen LogP contribution in [-0.4, -0.2) is 24.9 Å². The number of benzene rings is 3. The summed E-state index contributed by atoms with van der Waals surface area (Å²) < 4.78 is 17.6. The molecule has 0 fully saturated rings. The molecule has 0 amide bonds. The maximum absolute atomic E-state index is 7.58. The summed E-state index contributed by atoms with van der Waals surface area (Å²) in [4.78, 5) is 0. The third-order valence-electron chi connectivity index (χ3n) is 5.71. The molecule has 9 heteroatoms. The molecule has 0 spiro atoms. The van der Waals surface area contributed by atoms with E-state index in [2.05, 4.69) is 0 Å². The molecule has 0 radical (unpaired) electrons. The highest BCUT2D eigenvalue weighted by Gasteiger charge is 2.08. The number of unbranched alkanes of at least 4 members (excludes halogenated alkanes) is 3. The molecule has 4 rings (SSSR count). The van der Waals surface area contributed by atoms with Crippen LogP contribution in [0.2, 0.25) is 0 Å². The average Bonchev–Trinajstić information content (AvgIpc) is 3.30. The van der Waals surface area contributed by atoms with E-state index >= 15 is 0 Å². The normalized spacial score (nSPS) is 10.3. The molecule has 6 N–H and O–H groups in total. The number of ether oxygens (including phenoxy) is 2. The first-order valence-corrected chi connectivity index (χ1v) is 11.7. The van der Waals surface area contributed by atoms with Gasteiger partial charge in [-0.25, -0.2) is 0 Å². The fourth-order valence-electron chi connectivity index (χ4n) is 3.74. The summed E-state index contributed by atoms with van der Waals surface area (Å²) in [5.74, 6) is 2.50. The number of hydrogen-bond acceptors (Lipinski definition) is 5. The van der Waals surface area contributed by atoms with Crippen LogP contribution in [0, 0.1) is 10.8 Å². The molecular weight excluding hydrogens is 511 g/mol. The maximum Gasteiger partial charge on any atom is 0.135 e. The van der Waals surface area contributed by atoms with Crippen molar-refractivity contribution in [2.24, 2.45) is 11.5 Å². The van der Waals surface area contributed by atoms with Crippen LogP contribution in [0.4, 0.5) is 0 Å². The molecule has 0 aliphatic carbocycles. The third-order valence-corrected chi connectivity index (χ3v) is 5.71. The minimum Gasteiger partial charge on any atom is -0.494 e. The molecule has 7 nitrogen and oxygen atoms in total. The van der Waals surface area contributed by atoms with E-state index in [1.54, 1.807) is 18.2 Å². The first-order valence-electron chi connectivity index (χ1n) is 11.7. The van der Waals surface area contributed by atoms with Gasteiger partial charge in [0.1, 0.15) is 34.5 Å². The molecule has 196 valence electrons. The number of nitrogens with one attached hydrogen (secondary N) is 2. The van der Waals surface area contributed by atoms with Crippen LogP contribution in [0.1, 0.15) is 36.8 Å². The number of hydrogen-bond donors (Lipinski definition) is 4. The highest BCUT2D eigenvalue weighted by molar-refractivity contribution is 5.99. The number of furan rings is 1. The molecule has 0 aliphatic rings. The fourth-order valence-corrected chi connectivity index (χ4v) is 3.74. The van der Waals surface area contributed by atoms with Gasteiger partial charge < -0.3 is 25.4 Å². The van der Waals surface area contributed by atoms with E-state index in [9.17, 15) is 0 Å². The number of halogens is 2. The molecule has 0 aliphatic heterocycles. The molecular formula is C28H32Cl2N4O3. The summed E-state index contributed by atoms with van der Waals surface area (Å²) >= 11 is 0. The van der Waals surface area contributed by atoms with Gasteiger partial charge in [-0.3, -0.25) is 10.8 Å². The number of amidine groups is 2. The highest BCUT2D eigenvalue weighted by Crippen LogP contribution is 2.29. The second-order valence-corrected chi connectivity index (χ2v) is 8.35. The Morgan fingerprint density at radius 2 is 1.16 bits per heavy atom. The predicted molar refractivity (Wildman–Crippen MR) is 154 cm³/mol. The van der Waals surface area contributed by atoms with Crippen LogP contribution in [0.3, 0.4) is 0 Å². The van der Waals surface area contributed by atoms with Crippen molar-refractivity contribution in [3.8, 4) is 22.8 Å². The zero-order chi connectivity index (χ0) is 24.6. The van der Waals surface area contributed by atoms with Gasteiger partial charge in [0, 0.05) is 22.1 Å². The van der Waals surface area contributed by atoms with Crippen LogP contribution in [0.15, 0.2) is 77.2 Å². The van der Waals surface area contributed by atoms with Crippen LogP contribution >= 0.6 is 24.8 Å². The van der Waals surface area contributed by atoms with Crippen molar-refractivity contribution < 1.29 is 13.9 Å². The standard InChI is InChI=1S/C28H30N4O3.2ClH/c29-27(30)20-7-12-24(13-8-20)34-16-4-2-1-3-15-33-23-10-5-19(6-11-23)26-18-22-17-21(28(31)32)9-14-25(22)35-26;;/h5-14,17-18H,1-4,15-16H2,(H3,29,30)(H3,31,32);2*1H. The van der Waals surface area contributed by atoms with Gasteiger partial charge in [-0.05, 0) is 98.5 Å². The summed E-state index contributed by atoms with van der Waals surface area (Å²) in [5, 5.41) is 15.9. The lowest BCUT2D eigenvalue weighted by molar-refractivity contribution is 0.287. The first kappa shape index (κ1) is 29.5. The zero-order valence-electron chi connectivity index (χ0n) is 20.4. The lowest BCUT2D eigenvalue weighted by atomic mass is 10.1. The fraction of sp³-hybridized carbons (Fsp3) is 0.214. The molecule has 0 saturated carbocycles. The Balaban J connectivity index is 0.00000241. The molecule has 1 heterocycles. The van der Waals surface area contributed by atoms with Gasteiger partial charge in [-0.1, -0.05) is 0 Å². The Labute approximate surface area is 229 Å². The Kier molecular flexibility index (Phi) is 11.3. The second kappa shape index (κ2) is 14.2. The Bertz CT molecular complexity index is 1310. The highest BCUT2D eigenvalue weighted by atomic mass is 35.5. The molecule has 0 saturated heterocycles. The molecule has 4 aromatic rings. The zero-order valence-corrected chi connectivity index (χ0v) is 22.0. The maximum atomic E-state index is 7.58. The monoisotopic (exact) mass is 542 g/mol. The van der Waals surface area contributed by atoms with Crippen molar-refractivity contribution in [3.63, 3.8) is 0 Å². The molecule has 3 aromatic carbocycles. The van der Waals surface area contributed by atoms with Crippen molar-refractivity contribution in [2.45, 2.75) is 25.7 Å². The predicted octanol–water partition coefficient (Wildman–Crippen LogP) is 6.53. The lowest BCUT2D eigenvalue weighted by Crippen LogP contribution is -2.10. The summed E-state index contributed by atoms with van der Waals surface area (Å²) in [7, 11) is 0. The average molecular weight is 543 g/mol. The quantitative estimate of drug-likeness (QED) is 0.0917. The molecule has 0 atom stereocenters. The topological polar surface area (TPSA) is 131 Å². The van der Waals surface area contributed by atoms with Gasteiger partial charge in [0.05, 0.1) is 13.2 Å². The van der Waals surface area contributed by atoms with E-state index in [1.165, 1.54) is 0 Å². The minimum atomic E-state index is 0. The van der Waals surface area contributed by atoms with Gasteiger partial charge in [0.15, 0.2) is 0 Å². The van der Waals surface area contributed by atoms with Crippen molar-refractivity contribution in [1.29, 1.82) is 10.8 Å². The van der Waals surface area contributed by atoms with Crippen LogP contribution in [-0.2, 0) is 0 Å². The van der Waals surface area contributed by atoms with E-state index < -0.39 is 0 Å². The SMILES string of the molecule is Cl.Cl.N=C(N)c1ccc(OCCCCCCOc2ccc(-c3cc4cc(C(=N)N)ccc4o3)cc2)cc1. The van der Waals surface area contributed by atoms with Crippen LogP contribution < -0.4 is 20.9 Å². The number of nitrogen functional groups attached to an aromatic ring is 2. The number of fused-ring (bicyclic) bond motifs is 1. The van der Waals surface area contributed by atoms with Gasteiger partial charge in [-0.15, -0.1) is 24.8 Å². The number of nitrogens with two attached hydrogens (primary N) is 2. The minimum absolute atomic E-state index is 0. The van der Waals surface area contributed by atoms with Crippen LogP contribution in [0.5, 0.6) is 11.5 Å². The largest absolute Gasteiger partial charge is 0.494 e. The van der Waals surface area contributed by atoms with Gasteiger partial charge >= 0.3 is 0 Å². The van der Waals surface area contributed by atoms with Gasteiger partial charge in [0.2, 0.25) is 0 Å². The number of rotatable bonds is 12. The molecule has 0 bridgehead atoms. The Hall–Kier alpha value is -3.68. The second-order valence-electron chi connectivity index (χ2n) is 8.35. The summed E-state index contributed by atoms with van der Waals surface area (Å²) in [6.07, 6.45) is 4.11. The lowest BCUT2D eigenvalue weighted by Gasteiger charge is -2.08. The Morgan fingerprint density at radius 1 is 0.649 bits per heavy atom.